The Morgan fingerprint density at radius 3 is 1.11 bits per heavy atom. The predicted octanol–water partition coefficient (Wildman–Crippen LogP) is 7.47. The second-order valence-corrected chi connectivity index (χ2v) is 16.8. The Hall–Kier alpha value is 1.84. The summed E-state index contributed by atoms with van der Waals surface area (Å²) >= 11 is 11.4. The fraction of sp³-hybridized carbons (Fsp3) is 1.00. The van der Waals surface area contributed by atoms with Crippen molar-refractivity contribution in [1.29, 1.82) is 0 Å². The molecule has 0 atom stereocenters. The van der Waals surface area contributed by atoms with Gasteiger partial charge in [0.2, 0.25) is 0 Å². The van der Waals surface area contributed by atoms with Crippen molar-refractivity contribution >= 4 is 58.2 Å². The summed E-state index contributed by atoms with van der Waals surface area (Å²) in [5.41, 5.74) is 0. The van der Waals surface area contributed by atoms with E-state index < -0.39 is 13.0 Å². The molecule has 0 amide bonds. The summed E-state index contributed by atoms with van der Waals surface area (Å²) in [5.74, 6) is 2.14. The van der Waals surface area contributed by atoms with Crippen LogP contribution in [0.4, 0.5) is 0 Å². The van der Waals surface area contributed by atoms with Gasteiger partial charge >= 0.3 is 0 Å². The third-order valence-electron chi connectivity index (χ3n) is 3.37. The minimum absolute atomic E-state index is 0.703. The monoisotopic (exact) mass is 510 g/mol. The molecule has 0 radical (unpaired) electrons. The summed E-state index contributed by atoms with van der Waals surface area (Å²) < 4.78 is 23.5. The zero-order valence-corrected chi connectivity index (χ0v) is 23.1. The molecular formula is C18H40O4P2S4. The van der Waals surface area contributed by atoms with Gasteiger partial charge in [-0.2, -0.15) is 0 Å². The van der Waals surface area contributed by atoms with Crippen LogP contribution in [0.1, 0.15) is 66.2 Å². The van der Waals surface area contributed by atoms with E-state index in [2.05, 4.69) is 27.7 Å². The molecule has 0 aliphatic heterocycles. The predicted molar refractivity (Wildman–Crippen MR) is 137 cm³/mol. The molecule has 0 rings (SSSR count). The average molecular weight is 511 g/mol. The van der Waals surface area contributed by atoms with Crippen molar-refractivity contribution < 1.29 is 18.1 Å². The maximum atomic E-state index is 5.88. The van der Waals surface area contributed by atoms with Crippen LogP contribution >= 0.6 is 34.6 Å². The molecule has 0 spiro atoms. The second kappa shape index (κ2) is 19.5. The molecule has 28 heavy (non-hydrogen) atoms. The Kier molecular flexibility index (Phi) is 20.8. The molecule has 0 saturated carbocycles. The highest BCUT2D eigenvalue weighted by Gasteiger charge is 2.19. The first kappa shape index (κ1) is 29.8. The summed E-state index contributed by atoms with van der Waals surface area (Å²) in [6.07, 6.45) is 7.74. The molecule has 0 heterocycles. The maximum Gasteiger partial charge on any atom is 0.188 e. The van der Waals surface area contributed by atoms with Crippen LogP contribution in [-0.4, -0.2) is 50.3 Å². The first-order valence-electron chi connectivity index (χ1n) is 10.5. The standard InChI is InChI=1S/C18H40O4P2S4/c1-5-11-19-23(25,20-12-6-2)15-9-17-27-28-18-10-16-24(26,21-13-7-3)22-14-8-4/h5-18H2,1-4H3. The van der Waals surface area contributed by atoms with Crippen molar-refractivity contribution in [2.75, 3.05) is 50.3 Å². The van der Waals surface area contributed by atoms with Gasteiger partial charge in [-0.3, -0.25) is 0 Å². The molecule has 0 aliphatic carbocycles. The summed E-state index contributed by atoms with van der Waals surface area (Å²) in [4.78, 5) is 0. The Bertz CT molecular complexity index is 391. The Labute approximate surface area is 192 Å². The lowest BCUT2D eigenvalue weighted by atomic mass is 10.5. The van der Waals surface area contributed by atoms with Crippen LogP contribution in [0, 0.1) is 0 Å². The minimum atomic E-state index is -2.09. The van der Waals surface area contributed by atoms with Gasteiger partial charge in [-0.25, -0.2) is 0 Å². The van der Waals surface area contributed by atoms with Crippen LogP contribution in [0.3, 0.4) is 0 Å². The van der Waals surface area contributed by atoms with E-state index in [-0.39, 0.29) is 0 Å². The van der Waals surface area contributed by atoms with Crippen molar-refractivity contribution in [2.45, 2.75) is 66.2 Å². The molecule has 0 aromatic heterocycles. The lowest BCUT2D eigenvalue weighted by Crippen LogP contribution is -2.03. The number of rotatable bonds is 21. The topological polar surface area (TPSA) is 36.9 Å². The minimum Gasteiger partial charge on any atom is -0.329 e. The van der Waals surface area contributed by atoms with E-state index in [0.717, 1.165) is 62.4 Å². The maximum absolute atomic E-state index is 5.88. The molecule has 0 saturated heterocycles. The van der Waals surface area contributed by atoms with Gasteiger partial charge in [-0.1, -0.05) is 49.3 Å². The lowest BCUT2D eigenvalue weighted by molar-refractivity contribution is 0.246. The van der Waals surface area contributed by atoms with Gasteiger partial charge in [0.05, 0.1) is 26.4 Å². The third kappa shape index (κ3) is 16.5. The number of hydrogen-bond acceptors (Lipinski definition) is 8. The first-order chi connectivity index (χ1) is 13.4. The van der Waals surface area contributed by atoms with E-state index in [1.54, 1.807) is 0 Å². The molecule has 4 nitrogen and oxygen atoms in total. The van der Waals surface area contributed by atoms with Crippen LogP contribution in [0.15, 0.2) is 0 Å². The van der Waals surface area contributed by atoms with Crippen LogP contribution in [0.25, 0.3) is 0 Å². The van der Waals surface area contributed by atoms with Crippen LogP contribution in [0.5, 0.6) is 0 Å². The van der Waals surface area contributed by atoms with Gasteiger partial charge in [-0.15, -0.1) is 0 Å². The molecule has 0 aromatic rings. The van der Waals surface area contributed by atoms with Crippen LogP contribution in [0.2, 0.25) is 0 Å². The lowest BCUT2D eigenvalue weighted by Gasteiger charge is -2.22. The highest BCUT2D eigenvalue weighted by atomic mass is 33.1. The van der Waals surface area contributed by atoms with Crippen molar-refractivity contribution in [2.24, 2.45) is 0 Å². The molecule has 10 heteroatoms. The third-order valence-corrected chi connectivity index (χ3v) is 12.3. The van der Waals surface area contributed by atoms with E-state index in [1.165, 1.54) is 0 Å². The summed E-state index contributed by atoms with van der Waals surface area (Å²) in [6, 6.07) is 0. The molecule has 0 N–H and O–H groups in total. The SMILES string of the molecule is CCCOP(=S)(CCCSSCCCP(=S)(OCCC)OCCC)OCCC. The second-order valence-electron chi connectivity index (χ2n) is 6.35. The summed E-state index contributed by atoms with van der Waals surface area (Å²) in [6.45, 7) is 7.05. The van der Waals surface area contributed by atoms with Crippen molar-refractivity contribution in [3.63, 3.8) is 0 Å². The van der Waals surface area contributed by atoms with Crippen molar-refractivity contribution in [3.05, 3.63) is 0 Å². The van der Waals surface area contributed by atoms with Crippen molar-refractivity contribution in [1.82, 2.24) is 0 Å². The largest absolute Gasteiger partial charge is 0.329 e. The van der Waals surface area contributed by atoms with E-state index in [0.29, 0.717) is 26.4 Å². The quantitative estimate of drug-likeness (QED) is 0.0894. The zero-order chi connectivity index (χ0) is 21.1. The molecular weight excluding hydrogens is 470 g/mol. The zero-order valence-electron chi connectivity index (χ0n) is 18.1. The molecule has 0 aliphatic rings. The van der Waals surface area contributed by atoms with Gasteiger partial charge in [-0.05, 0) is 62.1 Å². The average Bonchev–Trinajstić information content (AvgIpc) is 2.70. The molecule has 0 aromatic carbocycles. The van der Waals surface area contributed by atoms with Gasteiger partial charge in [0.1, 0.15) is 0 Å². The fourth-order valence-corrected chi connectivity index (χ4v) is 9.88. The van der Waals surface area contributed by atoms with Gasteiger partial charge < -0.3 is 18.1 Å². The molecule has 0 bridgehead atoms. The van der Waals surface area contributed by atoms with Crippen molar-refractivity contribution in [3.8, 4) is 0 Å². The van der Waals surface area contributed by atoms with E-state index in [1.807, 2.05) is 21.6 Å². The summed E-state index contributed by atoms with van der Waals surface area (Å²) in [7, 11) is 3.80. The van der Waals surface area contributed by atoms with Gasteiger partial charge in [0.25, 0.3) is 0 Å². The van der Waals surface area contributed by atoms with E-state index in [9.17, 15) is 0 Å². The van der Waals surface area contributed by atoms with E-state index in [4.69, 9.17) is 41.7 Å². The highest BCUT2D eigenvalue weighted by Crippen LogP contribution is 2.50. The normalized spacial score (nSPS) is 12.6. The fourth-order valence-electron chi connectivity index (χ4n) is 2.01. The first-order valence-corrected chi connectivity index (χ1v) is 18.6. The van der Waals surface area contributed by atoms with Crippen LogP contribution < -0.4 is 0 Å². The Morgan fingerprint density at radius 1 is 0.571 bits per heavy atom. The number of hydrogen-bond donors (Lipinski definition) is 0. The van der Waals surface area contributed by atoms with Crippen LogP contribution in [-0.2, 0) is 41.7 Å². The molecule has 0 fully saturated rings. The smallest absolute Gasteiger partial charge is 0.188 e. The summed E-state index contributed by atoms with van der Waals surface area (Å²) in [5, 5.41) is 0. The van der Waals surface area contributed by atoms with Gasteiger partial charge in [0.15, 0.2) is 13.0 Å². The Balaban J connectivity index is 3.98. The van der Waals surface area contributed by atoms with E-state index >= 15 is 0 Å². The van der Waals surface area contributed by atoms with Gasteiger partial charge in [0, 0.05) is 23.8 Å². The molecule has 170 valence electrons. The highest BCUT2D eigenvalue weighted by molar-refractivity contribution is 8.76. The Morgan fingerprint density at radius 2 is 0.857 bits per heavy atom. The molecule has 0 unspecified atom stereocenters.